The quantitative estimate of drug-likeness (QED) is 0.131. The van der Waals surface area contributed by atoms with Gasteiger partial charge in [0.1, 0.15) is 5.58 Å². The zero-order chi connectivity index (χ0) is 33.5. The first-order chi connectivity index (χ1) is 23.9. The number of furan rings is 1. The number of hydrogen-bond donors (Lipinski definition) is 0. The van der Waals surface area contributed by atoms with E-state index in [1.165, 1.54) is 5.19 Å². The van der Waals surface area contributed by atoms with Crippen LogP contribution in [0.5, 0.6) is 0 Å². The molecule has 50 heavy (non-hydrogen) atoms. The van der Waals surface area contributed by atoms with Crippen molar-refractivity contribution in [3.8, 4) is 28.3 Å². The van der Waals surface area contributed by atoms with Gasteiger partial charge in [0.25, 0.3) is 0 Å². The zero-order valence-corrected chi connectivity index (χ0v) is 31.6. The molecule has 0 atom stereocenters. The summed E-state index contributed by atoms with van der Waals surface area (Å²) in [5, 5.41) is 5.83. The van der Waals surface area contributed by atoms with Gasteiger partial charge < -0.3 is 14.0 Å². The summed E-state index contributed by atoms with van der Waals surface area (Å²) in [6.07, 6.45) is 1.79. The number of aromatic nitrogens is 4. The number of aryl methyl sites for hydroxylation is 1. The summed E-state index contributed by atoms with van der Waals surface area (Å²) < 4.78 is 8.79. The molecule has 9 rings (SSSR count). The van der Waals surface area contributed by atoms with Crippen LogP contribution in [0.1, 0.15) is 5.69 Å². The maximum atomic E-state index is 6.59. The van der Waals surface area contributed by atoms with Gasteiger partial charge in [-0.15, -0.1) is 54.1 Å². The van der Waals surface area contributed by atoms with Crippen LogP contribution in [0.25, 0.3) is 72.2 Å². The van der Waals surface area contributed by atoms with E-state index in [0.29, 0.717) is 0 Å². The zero-order valence-electron chi connectivity index (χ0n) is 28.2. The number of hydrogen-bond acceptors (Lipinski definition) is 4. The summed E-state index contributed by atoms with van der Waals surface area (Å²) in [5.74, 6) is 0.777. The summed E-state index contributed by atoms with van der Waals surface area (Å²) in [6.45, 7) is 9.12. The molecule has 0 aliphatic rings. The minimum Gasteiger partial charge on any atom is -0.501 e. The van der Waals surface area contributed by atoms with Gasteiger partial charge in [-0.1, -0.05) is 103 Å². The molecule has 5 nitrogen and oxygen atoms in total. The van der Waals surface area contributed by atoms with E-state index in [1.807, 2.05) is 61.5 Å². The van der Waals surface area contributed by atoms with Crippen LogP contribution in [0.2, 0.25) is 19.6 Å². The summed E-state index contributed by atoms with van der Waals surface area (Å²) in [6, 6.07) is 49.8. The number of pyridine rings is 2. The van der Waals surface area contributed by atoms with E-state index in [-0.39, 0.29) is 20.1 Å². The van der Waals surface area contributed by atoms with Crippen molar-refractivity contribution < 1.29 is 24.5 Å². The Morgan fingerprint density at radius 2 is 1.44 bits per heavy atom. The molecule has 0 fully saturated rings. The van der Waals surface area contributed by atoms with Gasteiger partial charge in [0.15, 0.2) is 5.65 Å². The second kappa shape index (κ2) is 13.6. The van der Waals surface area contributed by atoms with Crippen molar-refractivity contribution >= 4 is 57.1 Å². The molecule has 0 amide bonds. The molecule has 0 saturated carbocycles. The van der Waals surface area contributed by atoms with Crippen molar-refractivity contribution in [1.29, 1.82) is 0 Å². The summed E-state index contributed by atoms with van der Waals surface area (Å²) >= 11 is 0. The van der Waals surface area contributed by atoms with Crippen molar-refractivity contribution in [2.24, 2.45) is 0 Å². The van der Waals surface area contributed by atoms with Crippen LogP contribution in [0, 0.1) is 19.1 Å². The molecule has 4 aromatic heterocycles. The van der Waals surface area contributed by atoms with Gasteiger partial charge in [-0.2, -0.15) is 0 Å². The molecular weight excluding hydrogens is 809 g/mol. The summed E-state index contributed by atoms with van der Waals surface area (Å²) in [5.41, 5.74) is 8.28. The Balaban J connectivity index is 0.000000255. The van der Waals surface area contributed by atoms with Crippen LogP contribution in [-0.2, 0) is 20.1 Å². The molecular formula is C43H34IrN4OSi-2. The molecule has 0 saturated heterocycles. The average Bonchev–Trinajstić information content (AvgIpc) is 3.71. The largest absolute Gasteiger partial charge is 0.501 e. The van der Waals surface area contributed by atoms with E-state index >= 15 is 0 Å². The molecule has 0 aliphatic heterocycles. The van der Waals surface area contributed by atoms with Gasteiger partial charge >= 0.3 is 0 Å². The molecule has 7 heteroatoms. The number of benzene rings is 5. The van der Waals surface area contributed by atoms with Gasteiger partial charge in [-0.05, 0) is 36.9 Å². The van der Waals surface area contributed by atoms with E-state index < -0.39 is 8.07 Å². The van der Waals surface area contributed by atoms with Gasteiger partial charge in [0.2, 0.25) is 0 Å². The standard InChI is InChI=1S/C32H26N3OSi.C11H8N.Ir/c1-20-23-13-8-9-14-25(23)29-31(33-20)34-32(35(29)21-11-6-5-7-12-21)27-16-10-15-26-24-18-17-22(37(2,3)4)19-28(24)36-30(26)27;1-2-6-10(7-3-1)11-8-4-5-9-12-11;/h5-15,17-19H,1-4H3;1-6,8-9H;/q2*-1;. The fraction of sp³-hybridized carbons (Fsp3) is 0.0930. The van der Waals surface area contributed by atoms with Gasteiger partial charge in [-0.3, -0.25) is 4.98 Å². The Morgan fingerprint density at radius 1 is 0.680 bits per heavy atom. The van der Waals surface area contributed by atoms with E-state index in [0.717, 1.165) is 77.9 Å². The Labute approximate surface area is 306 Å². The van der Waals surface area contributed by atoms with Crippen molar-refractivity contribution in [3.63, 3.8) is 0 Å². The van der Waals surface area contributed by atoms with E-state index in [2.05, 4.69) is 114 Å². The number of rotatable bonds is 4. The van der Waals surface area contributed by atoms with Gasteiger partial charge in [0, 0.05) is 53.8 Å². The second-order valence-electron chi connectivity index (χ2n) is 13.2. The molecule has 0 bridgehead atoms. The van der Waals surface area contributed by atoms with Crippen LogP contribution in [0.15, 0.2) is 138 Å². The van der Waals surface area contributed by atoms with Crippen molar-refractivity contribution in [2.75, 3.05) is 0 Å². The maximum absolute atomic E-state index is 6.59. The van der Waals surface area contributed by atoms with Crippen LogP contribution in [-0.4, -0.2) is 27.6 Å². The van der Waals surface area contributed by atoms with Gasteiger partial charge in [-0.25, -0.2) is 4.98 Å². The van der Waals surface area contributed by atoms with Crippen molar-refractivity contribution in [2.45, 2.75) is 26.6 Å². The molecule has 0 unspecified atom stereocenters. The van der Waals surface area contributed by atoms with Crippen LogP contribution in [0.4, 0.5) is 0 Å². The predicted molar refractivity (Wildman–Crippen MR) is 204 cm³/mol. The average molecular weight is 843 g/mol. The van der Waals surface area contributed by atoms with Crippen LogP contribution < -0.4 is 5.19 Å². The third-order valence-electron chi connectivity index (χ3n) is 8.89. The Kier molecular flexibility index (Phi) is 9.06. The minimum atomic E-state index is -1.48. The second-order valence-corrected chi connectivity index (χ2v) is 18.2. The van der Waals surface area contributed by atoms with Gasteiger partial charge in [0.05, 0.1) is 25.0 Å². The molecule has 4 heterocycles. The van der Waals surface area contributed by atoms with Crippen molar-refractivity contribution in [1.82, 2.24) is 19.5 Å². The first kappa shape index (κ1) is 33.3. The Hall–Kier alpha value is -5.20. The van der Waals surface area contributed by atoms with Crippen LogP contribution in [0.3, 0.4) is 0 Å². The normalized spacial score (nSPS) is 11.4. The molecule has 0 spiro atoms. The van der Waals surface area contributed by atoms with E-state index in [4.69, 9.17) is 14.4 Å². The number of nitrogens with zero attached hydrogens (tertiary/aromatic N) is 4. The first-order valence-corrected chi connectivity index (χ1v) is 20.0. The molecule has 9 aromatic rings. The topological polar surface area (TPSA) is 56.7 Å². The number of para-hydroxylation sites is 1. The number of fused-ring (bicyclic) bond motifs is 6. The fourth-order valence-electron chi connectivity index (χ4n) is 6.40. The SMILES string of the molecule is Cc1nc2nc(-c3[c-]ccc4c3oc3cc([Si](C)(C)C)ccc34)n(-c3ccccc3)c2c2ccccc12.[Ir].[c-]1ccccc1-c1ccccn1. The maximum Gasteiger partial charge on any atom is 0.169 e. The summed E-state index contributed by atoms with van der Waals surface area (Å²) in [4.78, 5) is 14.3. The first-order valence-electron chi connectivity index (χ1n) is 16.5. The fourth-order valence-corrected chi connectivity index (χ4v) is 7.54. The monoisotopic (exact) mass is 843 g/mol. The molecule has 247 valence electrons. The molecule has 0 aliphatic carbocycles. The molecule has 0 N–H and O–H groups in total. The number of imidazole rings is 1. The molecule has 5 aromatic carbocycles. The minimum absolute atomic E-state index is 0. The Bertz CT molecular complexity index is 2560. The molecule has 1 radical (unpaired) electrons. The Morgan fingerprint density at radius 3 is 2.18 bits per heavy atom. The third kappa shape index (κ3) is 6.09. The van der Waals surface area contributed by atoms with E-state index in [9.17, 15) is 0 Å². The predicted octanol–water partition coefficient (Wildman–Crippen LogP) is 10.3. The van der Waals surface area contributed by atoms with Crippen LogP contribution >= 0.6 is 0 Å². The third-order valence-corrected chi connectivity index (χ3v) is 10.9. The van der Waals surface area contributed by atoms with Crippen molar-refractivity contribution in [3.05, 3.63) is 151 Å². The smallest absolute Gasteiger partial charge is 0.169 e. The summed E-state index contributed by atoms with van der Waals surface area (Å²) in [7, 11) is -1.48. The van der Waals surface area contributed by atoms with E-state index in [1.54, 1.807) is 6.20 Å².